The zero-order chi connectivity index (χ0) is 17.1. The number of aliphatic hydroxyl groups is 1. The molecule has 2 saturated carbocycles. The van der Waals surface area contributed by atoms with Gasteiger partial charge in [-0.05, 0) is 36.8 Å². The van der Waals surface area contributed by atoms with Gasteiger partial charge in [0.05, 0.1) is 18.1 Å². The van der Waals surface area contributed by atoms with Crippen LogP contribution in [0.4, 0.5) is 5.69 Å². The maximum absolute atomic E-state index is 12.8. The van der Waals surface area contributed by atoms with Crippen LogP contribution in [0.15, 0.2) is 30.3 Å². The van der Waals surface area contributed by atoms with Crippen LogP contribution < -0.4 is 5.32 Å². The summed E-state index contributed by atoms with van der Waals surface area (Å²) in [5, 5.41) is 13.1. The minimum absolute atomic E-state index is 0.0403. The number of rotatable bonds is 5. The molecule has 7 atom stereocenters. The molecule has 4 fully saturated rings. The Balaban J connectivity index is 1.18. The first-order valence-electron chi connectivity index (χ1n) is 9.14. The van der Waals surface area contributed by atoms with Gasteiger partial charge >= 0.3 is 0 Å². The molecule has 2 N–H and O–H groups in total. The van der Waals surface area contributed by atoms with Crippen LogP contribution in [0.25, 0.3) is 0 Å². The number of hydrogen-bond donors (Lipinski definition) is 2. The van der Waals surface area contributed by atoms with E-state index in [1.165, 1.54) is 0 Å². The number of hydrogen-bond acceptors (Lipinski definition) is 4. The third-order valence-corrected chi connectivity index (χ3v) is 6.47. The summed E-state index contributed by atoms with van der Waals surface area (Å²) in [6.07, 6.45) is 1.17. The van der Waals surface area contributed by atoms with Crippen molar-refractivity contribution >= 4 is 17.5 Å². The molecule has 0 aromatic heterocycles. The zero-order valence-electron chi connectivity index (χ0n) is 13.9. The van der Waals surface area contributed by atoms with Crippen LogP contribution >= 0.6 is 0 Å². The standard InChI is InChI=1S/C19H22N2O4/c22-13(20-10-5-2-1-3-6-10)7-4-8-21-18(24)14-11-9-12-15(14)19(21)25-17(12)16(11)23/h1-3,5-6,11-12,14-17,19,23H,4,7-9H2,(H,20,22). The highest BCUT2D eigenvalue weighted by Crippen LogP contribution is 2.63. The van der Waals surface area contributed by atoms with Crippen molar-refractivity contribution < 1.29 is 19.4 Å². The van der Waals surface area contributed by atoms with E-state index in [0.29, 0.717) is 25.3 Å². The summed E-state index contributed by atoms with van der Waals surface area (Å²) in [6, 6.07) is 9.37. The van der Waals surface area contributed by atoms with E-state index in [2.05, 4.69) is 5.32 Å². The van der Waals surface area contributed by atoms with Crippen molar-refractivity contribution in [3.8, 4) is 0 Å². The second-order valence-corrected chi connectivity index (χ2v) is 7.70. The maximum atomic E-state index is 12.8. The lowest BCUT2D eigenvalue weighted by Gasteiger charge is -2.30. The first-order chi connectivity index (χ1) is 12.1. The molecule has 0 radical (unpaired) electrons. The molecule has 4 aliphatic rings. The second-order valence-electron chi connectivity index (χ2n) is 7.70. The van der Waals surface area contributed by atoms with Crippen LogP contribution in [0.3, 0.4) is 0 Å². The largest absolute Gasteiger partial charge is 0.390 e. The summed E-state index contributed by atoms with van der Waals surface area (Å²) < 4.78 is 6.03. The number of amides is 2. The summed E-state index contributed by atoms with van der Waals surface area (Å²) in [6.45, 7) is 0.543. The first-order valence-corrected chi connectivity index (χ1v) is 9.14. The van der Waals surface area contributed by atoms with Crippen molar-refractivity contribution in [2.24, 2.45) is 23.7 Å². The molecule has 2 aliphatic heterocycles. The number of nitrogens with one attached hydrogen (secondary N) is 1. The number of benzene rings is 1. The minimum atomic E-state index is -0.473. The number of likely N-dealkylation sites (tertiary alicyclic amines) is 1. The topological polar surface area (TPSA) is 78.9 Å². The molecule has 0 spiro atoms. The van der Waals surface area contributed by atoms with E-state index in [-0.39, 0.29) is 41.9 Å². The van der Waals surface area contributed by atoms with Crippen molar-refractivity contribution in [1.29, 1.82) is 0 Å². The quantitative estimate of drug-likeness (QED) is 0.843. The van der Waals surface area contributed by atoms with Crippen LogP contribution in [-0.4, -0.2) is 46.8 Å². The lowest BCUT2D eigenvalue weighted by Crippen LogP contribution is -2.44. The lowest BCUT2D eigenvalue weighted by molar-refractivity contribution is -0.151. The van der Waals surface area contributed by atoms with E-state index in [0.717, 1.165) is 12.1 Å². The van der Waals surface area contributed by atoms with Gasteiger partial charge in [-0.25, -0.2) is 0 Å². The van der Waals surface area contributed by atoms with Crippen LogP contribution in [0, 0.1) is 23.7 Å². The van der Waals surface area contributed by atoms with Crippen molar-refractivity contribution in [2.45, 2.75) is 37.7 Å². The number of anilines is 1. The van der Waals surface area contributed by atoms with Gasteiger partial charge in [0.1, 0.15) is 6.23 Å². The number of fused-ring (bicyclic) bond motifs is 2. The fraction of sp³-hybridized carbons (Fsp3) is 0.579. The van der Waals surface area contributed by atoms with Crippen LogP contribution in [0.5, 0.6) is 0 Å². The molecule has 2 heterocycles. The molecule has 5 rings (SSSR count). The smallest absolute Gasteiger partial charge is 0.228 e. The van der Waals surface area contributed by atoms with E-state index >= 15 is 0 Å². The summed E-state index contributed by atoms with van der Waals surface area (Å²) in [7, 11) is 0. The van der Waals surface area contributed by atoms with Gasteiger partial charge in [-0.15, -0.1) is 0 Å². The van der Waals surface area contributed by atoms with Gasteiger partial charge in [0.15, 0.2) is 0 Å². The SMILES string of the molecule is O=C(CCCN1C(=O)C2C3CC4C(OC1C42)C3O)Nc1ccccc1. The molecule has 2 aliphatic carbocycles. The zero-order valence-corrected chi connectivity index (χ0v) is 13.9. The molecule has 2 amide bonds. The molecular weight excluding hydrogens is 320 g/mol. The van der Waals surface area contributed by atoms with Gasteiger partial charge in [-0.2, -0.15) is 0 Å². The minimum Gasteiger partial charge on any atom is -0.390 e. The third kappa shape index (κ3) is 2.17. The van der Waals surface area contributed by atoms with Crippen molar-refractivity contribution in [1.82, 2.24) is 4.90 Å². The van der Waals surface area contributed by atoms with E-state index in [1.807, 2.05) is 35.2 Å². The Kier molecular flexibility index (Phi) is 3.40. The van der Waals surface area contributed by atoms with Crippen LogP contribution in [-0.2, 0) is 14.3 Å². The van der Waals surface area contributed by atoms with E-state index < -0.39 is 6.10 Å². The van der Waals surface area contributed by atoms with Crippen LogP contribution in [0.2, 0.25) is 0 Å². The second kappa shape index (κ2) is 5.54. The summed E-state index contributed by atoms with van der Waals surface area (Å²) >= 11 is 0. The molecule has 132 valence electrons. The average molecular weight is 342 g/mol. The molecule has 25 heavy (non-hydrogen) atoms. The molecule has 1 aromatic carbocycles. The van der Waals surface area contributed by atoms with E-state index in [9.17, 15) is 14.7 Å². The molecular formula is C19H22N2O4. The number of aliphatic hydroxyl groups excluding tert-OH is 1. The van der Waals surface area contributed by atoms with Gasteiger partial charge in [-0.3, -0.25) is 9.59 Å². The Hall–Kier alpha value is -1.92. The number of nitrogens with zero attached hydrogens (tertiary/aromatic N) is 1. The number of carbonyl (C=O) groups excluding carboxylic acids is 2. The normalized spacial score (nSPS) is 40.1. The Labute approximate surface area is 146 Å². The highest BCUT2D eigenvalue weighted by molar-refractivity contribution is 5.90. The van der Waals surface area contributed by atoms with Gasteiger partial charge in [0, 0.05) is 24.6 Å². The summed E-state index contributed by atoms with van der Waals surface area (Å²) in [5.74, 6) is 0.671. The molecule has 1 aromatic rings. The van der Waals surface area contributed by atoms with Crippen LogP contribution in [0.1, 0.15) is 19.3 Å². The summed E-state index contributed by atoms with van der Waals surface area (Å²) in [5.41, 5.74) is 0.787. The summed E-state index contributed by atoms with van der Waals surface area (Å²) in [4.78, 5) is 26.6. The Bertz CT molecular complexity index is 709. The molecule has 7 unspecified atom stereocenters. The Morgan fingerprint density at radius 2 is 2.08 bits per heavy atom. The fourth-order valence-electron chi connectivity index (χ4n) is 5.53. The predicted molar refractivity (Wildman–Crippen MR) is 89.3 cm³/mol. The molecule has 6 nitrogen and oxygen atoms in total. The monoisotopic (exact) mass is 342 g/mol. The lowest BCUT2D eigenvalue weighted by atomic mass is 9.80. The number of ether oxygens (including phenoxy) is 1. The highest BCUT2D eigenvalue weighted by atomic mass is 16.5. The predicted octanol–water partition coefficient (Wildman–Crippen LogP) is 1.22. The van der Waals surface area contributed by atoms with Crippen molar-refractivity contribution in [2.75, 3.05) is 11.9 Å². The number of para-hydroxylation sites is 1. The van der Waals surface area contributed by atoms with E-state index in [4.69, 9.17) is 4.74 Å². The van der Waals surface area contributed by atoms with Gasteiger partial charge in [0.25, 0.3) is 0 Å². The Morgan fingerprint density at radius 1 is 1.28 bits per heavy atom. The first kappa shape index (κ1) is 15.3. The van der Waals surface area contributed by atoms with Crippen molar-refractivity contribution in [3.63, 3.8) is 0 Å². The molecule has 2 bridgehead atoms. The molecule has 2 saturated heterocycles. The van der Waals surface area contributed by atoms with Gasteiger partial charge in [0.2, 0.25) is 11.8 Å². The number of carbonyl (C=O) groups is 2. The maximum Gasteiger partial charge on any atom is 0.228 e. The van der Waals surface area contributed by atoms with E-state index in [1.54, 1.807) is 0 Å². The fourth-order valence-corrected chi connectivity index (χ4v) is 5.53. The van der Waals surface area contributed by atoms with Gasteiger partial charge in [-0.1, -0.05) is 18.2 Å². The van der Waals surface area contributed by atoms with Crippen molar-refractivity contribution in [3.05, 3.63) is 30.3 Å². The third-order valence-electron chi connectivity index (χ3n) is 6.47. The Morgan fingerprint density at radius 3 is 2.88 bits per heavy atom. The van der Waals surface area contributed by atoms with Gasteiger partial charge < -0.3 is 20.1 Å². The average Bonchev–Trinajstić information content (AvgIpc) is 3.28. The molecule has 6 heteroatoms. The highest BCUT2D eigenvalue weighted by Gasteiger charge is 2.72.